The number of rotatable bonds is 19. The fraction of sp³-hybridized carbons (Fsp3) is 0.441. The number of unbranched alkanes of at least 4 members (excludes halogenated alkanes) is 11. The summed E-state index contributed by atoms with van der Waals surface area (Å²) in [7, 11) is -15.0. The predicted octanol–water partition coefficient (Wildman–Crippen LogP) is 8.27. The number of benzene rings is 4. The molecule has 4 aromatic carbocycles. The van der Waals surface area contributed by atoms with Crippen molar-refractivity contribution >= 4 is 68.6 Å². The van der Waals surface area contributed by atoms with Crippen molar-refractivity contribution in [3.8, 4) is 5.75 Å². The molecule has 0 aliphatic heterocycles. The van der Waals surface area contributed by atoms with Gasteiger partial charge in [0.15, 0.2) is 0 Å². The number of ether oxygens (including phenoxy) is 1. The van der Waals surface area contributed by atoms with Crippen molar-refractivity contribution in [1.29, 1.82) is 0 Å². The third-order valence-electron chi connectivity index (χ3n) is 8.45. The third kappa shape index (κ3) is 9.30. The molecule has 4 rings (SSSR count). The molecule has 0 fully saturated rings. The first kappa shape index (κ1) is 37.7. The van der Waals surface area contributed by atoms with E-state index in [4.69, 9.17) is 4.74 Å². The van der Waals surface area contributed by atoms with E-state index in [0.29, 0.717) is 12.5 Å². The molecule has 262 valence electrons. The van der Waals surface area contributed by atoms with Gasteiger partial charge in [-0.1, -0.05) is 88.6 Å². The second kappa shape index (κ2) is 16.0. The lowest BCUT2D eigenvalue weighted by Crippen LogP contribution is -2.10. The highest BCUT2D eigenvalue weighted by molar-refractivity contribution is 7.87. The predicted molar refractivity (Wildman–Crippen MR) is 185 cm³/mol. The fourth-order valence-corrected chi connectivity index (χ4v) is 8.31. The van der Waals surface area contributed by atoms with Crippen LogP contribution in [0.1, 0.15) is 96.8 Å². The first-order chi connectivity index (χ1) is 22.6. The van der Waals surface area contributed by atoms with Gasteiger partial charge in [-0.05, 0) is 44.2 Å². The van der Waals surface area contributed by atoms with Gasteiger partial charge in [0, 0.05) is 44.8 Å². The van der Waals surface area contributed by atoms with Crippen molar-refractivity contribution in [2.75, 3.05) is 0 Å². The minimum absolute atomic E-state index is 0.0289. The summed E-state index contributed by atoms with van der Waals surface area (Å²) in [5, 5.41) is -0.585. The quantitative estimate of drug-likeness (QED) is 0.0211. The highest BCUT2D eigenvalue weighted by atomic mass is 32.2. The molecule has 0 saturated heterocycles. The van der Waals surface area contributed by atoms with E-state index in [1.54, 1.807) is 0 Å². The van der Waals surface area contributed by atoms with Crippen LogP contribution >= 0.6 is 0 Å². The van der Waals surface area contributed by atoms with Crippen LogP contribution in [0, 0.1) is 0 Å². The molecule has 48 heavy (non-hydrogen) atoms. The Labute approximate surface area is 281 Å². The second-order valence-electron chi connectivity index (χ2n) is 12.1. The Hall–Kier alpha value is -3.14. The van der Waals surface area contributed by atoms with Gasteiger partial charge in [-0.3, -0.25) is 18.5 Å². The van der Waals surface area contributed by atoms with Gasteiger partial charge < -0.3 is 4.74 Å². The van der Waals surface area contributed by atoms with Gasteiger partial charge in [0.05, 0.1) is 0 Å². The van der Waals surface area contributed by atoms with Crippen molar-refractivity contribution in [1.82, 2.24) is 0 Å². The molecule has 0 radical (unpaired) electrons. The van der Waals surface area contributed by atoms with Crippen LogP contribution in [0.4, 0.5) is 0 Å². The number of carbonyl (C=O) groups excluding carboxylic acids is 1. The molecule has 0 spiro atoms. The zero-order valence-corrected chi connectivity index (χ0v) is 29.3. The lowest BCUT2D eigenvalue weighted by atomic mass is 9.93. The van der Waals surface area contributed by atoms with E-state index < -0.39 is 51.0 Å². The van der Waals surface area contributed by atoms with Crippen LogP contribution in [0.25, 0.3) is 32.3 Å². The highest BCUT2D eigenvalue weighted by Gasteiger charge is 2.28. The van der Waals surface area contributed by atoms with Crippen LogP contribution in [0.5, 0.6) is 5.75 Å². The molecule has 0 heterocycles. The normalized spacial score (nSPS) is 13.0. The summed E-state index contributed by atoms with van der Waals surface area (Å²) in [4.78, 5) is 10.5. The van der Waals surface area contributed by atoms with Gasteiger partial charge >= 0.3 is 5.97 Å². The molecule has 0 aromatic heterocycles. The minimum Gasteiger partial charge on any atom is -0.426 e. The Morgan fingerprint density at radius 2 is 0.979 bits per heavy atom. The van der Waals surface area contributed by atoms with Gasteiger partial charge in [-0.25, -0.2) is 0 Å². The average Bonchev–Trinajstić information content (AvgIpc) is 3.00. The number of hydrogen-bond acceptors (Lipinski definition) is 8. The number of carbonyl (C=O) groups is 1. The largest absolute Gasteiger partial charge is 0.426 e. The number of esters is 1. The molecule has 0 amide bonds. The fourth-order valence-electron chi connectivity index (χ4n) is 6.10. The zero-order valence-electron chi connectivity index (χ0n) is 26.9. The maximum absolute atomic E-state index is 12.9. The van der Waals surface area contributed by atoms with Crippen LogP contribution in [0.3, 0.4) is 0 Å². The Bertz CT molecular complexity index is 2070. The minimum atomic E-state index is -5.04. The van der Waals surface area contributed by atoms with E-state index in [1.165, 1.54) is 56.7 Å². The van der Waals surface area contributed by atoms with E-state index in [1.807, 2.05) is 0 Å². The SMILES string of the molecule is CCCCCCCCC=CCCCCCCCC(=O)Oc1cc(S(=O)(=O)O)c2ccc3c(S(=O)(=O)O)cc(S(=O)(=O)O)c4ccc1c2c43. The summed E-state index contributed by atoms with van der Waals surface area (Å²) >= 11 is 0. The van der Waals surface area contributed by atoms with Gasteiger partial charge in [0.2, 0.25) is 0 Å². The smallest absolute Gasteiger partial charge is 0.311 e. The van der Waals surface area contributed by atoms with E-state index in [2.05, 4.69) is 19.1 Å². The summed E-state index contributed by atoms with van der Waals surface area (Å²) in [5.41, 5.74) is 0. The summed E-state index contributed by atoms with van der Waals surface area (Å²) in [6.45, 7) is 2.21. The van der Waals surface area contributed by atoms with Crippen molar-refractivity contribution in [2.45, 2.75) is 112 Å². The lowest BCUT2D eigenvalue weighted by molar-refractivity contribution is -0.134. The Balaban J connectivity index is 1.48. The molecule has 0 atom stereocenters. The highest BCUT2D eigenvalue weighted by Crippen LogP contribution is 2.45. The van der Waals surface area contributed by atoms with Crippen molar-refractivity contribution < 1.29 is 48.4 Å². The molecule has 0 bridgehead atoms. The van der Waals surface area contributed by atoms with E-state index in [0.717, 1.165) is 50.7 Å². The van der Waals surface area contributed by atoms with Gasteiger partial charge in [-0.2, -0.15) is 25.3 Å². The standard InChI is InChI=1S/C34H42O11S3/c1-2-3-4-5-6-7-8-9-10-11-12-13-14-15-16-17-32(35)45-28-22-29(46(36,37)38)25-20-21-27-31(48(42,43)44)23-30(47(39,40)41)26-19-18-24(28)33(25)34(26)27/h9-10,18-23H,2-8,11-17H2,1H3,(H,36,37,38)(H,39,40,41)(H,42,43,44). The Morgan fingerprint density at radius 1 is 0.583 bits per heavy atom. The molecule has 3 N–H and O–H groups in total. The van der Waals surface area contributed by atoms with Crippen LogP contribution in [0.2, 0.25) is 0 Å². The first-order valence-electron chi connectivity index (χ1n) is 16.2. The summed E-state index contributed by atoms with van der Waals surface area (Å²) in [6, 6.07) is 6.49. The molecule has 0 aliphatic rings. The molecular weight excluding hydrogens is 681 g/mol. The molecule has 4 aromatic rings. The maximum Gasteiger partial charge on any atom is 0.311 e. The molecule has 0 aliphatic carbocycles. The van der Waals surface area contributed by atoms with E-state index in [-0.39, 0.29) is 44.5 Å². The van der Waals surface area contributed by atoms with E-state index in [9.17, 15) is 43.7 Å². The maximum atomic E-state index is 12.9. The molecule has 14 heteroatoms. The van der Waals surface area contributed by atoms with Crippen LogP contribution in [-0.2, 0) is 35.1 Å². The van der Waals surface area contributed by atoms with E-state index >= 15 is 0 Å². The van der Waals surface area contributed by atoms with Crippen molar-refractivity contribution in [2.24, 2.45) is 0 Å². The first-order valence-corrected chi connectivity index (χ1v) is 20.5. The number of hydrogen-bond donors (Lipinski definition) is 3. The van der Waals surface area contributed by atoms with Crippen LogP contribution < -0.4 is 4.74 Å². The molecule has 0 saturated carbocycles. The third-order valence-corrected chi connectivity index (χ3v) is 11.1. The van der Waals surface area contributed by atoms with Gasteiger partial charge in [0.25, 0.3) is 30.4 Å². The Morgan fingerprint density at radius 3 is 1.46 bits per heavy atom. The van der Waals surface area contributed by atoms with Crippen LogP contribution in [0.15, 0.2) is 63.2 Å². The second-order valence-corrected chi connectivity index (χ2v) is 16.2. The summed E-state index contributed by atoms with van der Waals surface area (Å²) in [6.07, 6.45) is 18.6. The zero-order chi connectivity index (χ0) is 35.1. The van der Waals surface area contributed by atoms with Crippen molar-refractivity contribution in [3.63, 3.8) is 0 Å². The van der Waals surface area contributed by atoms with Gasteiger partial charge in [-0.15, -0.1) is 0 Å². The topological polar surface area (TPSA) is 189 Å². The van der Waals surface area contributed by atoms with Gasteiger partial charge in [0.1, 0.15) is 20.4 Å². The summed E-state index contributed by atoms with van der Waals surface area (Å²) < 4.78 is 109. The molecular formula is C34H42O11S3. The molecule has 0 unspecified atom stereocenters. The molecule has 11 nitrogen and oxygen atoms in total. The Kier molecular flexibility index (Phi) is 12.6. The average molecular weight is 723 g/mol. The van der Waals surface area contributed by atoms with Crippen molar-refractivity contribution in [3.05, 3.63) is 48.6 Å². The number of allylic oxidation sites excluding steroid dienone is 2. The lowest BCUT2D eigenvalue weighted by Gasteiger charge is -2.18. The monoisotopic (exact) mass is 722 g/mol. The summed E-state index contributed by atoms with van der Waals surface area (Å²) in [5.74, 6) is -0.922. The van der Waals surface area contributed by atoms with Crippen LogP contribution in [-0.4, -0.2) is 44.9 Å².